The molecule has 126 valence electrons. The van der Waals surface area contributed by atoms with Crippen LogP contribution in [0.25, 0.3) is 11.0 Å². The topological polar surface area (TPSA) is 86.9 Å². The molecule has 0 amide bonds. The second kappa shape index (κ2) is 7.32. The van der Waals surface area contributed by atoms with Gasteiger partial charge in [-0.3, -0.25) is 19.9 Å². The van der Waals surface area contributed by atoms with Gasteiger partial charge in [-0.25, -0.2) is 5.26 Å². The van der Waals surface area contributed by atoms with E-state index in [4.69, 9.17) is 5.26 Å². The largest absolute Gasteiger partial charge is 0.381 e. The van der Waals surface area contributed by atoms with Gasteiger partial charge in [0.05, 0.1) is 22.9 Å². The van der Waals surface area contributed by atoms with Crippen LogP contribution >= 0.6 is 0 Å². The number of anilines is 1. The van der Waals surface area contributed by atoms with Crippen LogP contribution in [0.15, 0.2) is 54.0 Å². The summed E-state index contributed by atoms with van der Waals surface area (Å²) in [4.78, 5) is 17.4. The summed E-state index contributed by atoms with van der Waals surface area (Å²) in [6, 6.07) is 8.11. The predicted molar refractivity (Wildman–Crippen MR) is 104 cm³/mol. The highest BCUT2D eigenvalue weighted by Crippen LogP contribution is 2.29. The van der Waals surface area contributed by atoms with Gasteiger partial charge in [0, 0.05) is 36.8 Å². The van der Waals surface area contributed by atoms with Crippen molar-refractivity contribution in [1.82, 2.24) is 15.0 Å². The van der Waals surface area contributed by atoms with Crippen LogP contribution in [0.2, 0.25) is 12.6 Å². The summed E-state index contributed by atoms with van der Waals surface area (Å²) < 4.78 is 0. The third kappa shape index (κ3) is 3.54. The van der Waals surface area contributed by atoms with E-state index < -0.39 is 0 Å². The molecule has 0 radical (unpaired) electrons. The molecule has 0 aliphatic carbocycles. The number of benzene rings is 1. The van der Waals surface area contributed by atoms with Crippen molar-refractivity contribution in [3.8, 4) is 5.97 Å². The number of pyridine rings is 1. The minimum absolute atomic E-state index is 0.153. The maximum Gasteiger partial charge on any atom is 0.269 e. The van der Waals surface area contributed by atoms with Gasteiger partial charge in [0.2, 0.25) is 0 Å². The van der Waals surface area contributed by atoms with E-state index in [9.17, 15) is 0 Å². The molecular weight excluding hydrogens is 323 g/mol. The standard InChI is InChI=1S/C19H17BN6/c21-13-20-5-3-15(10-20)26-17-4-6-22-12-19(17)25-11-14-1-2-16-18(9-14)24-8-7-23-16/h1-2,4,6-9,11-12,15H,3,5,10H2,(H,22,26). The molecule has 3 heterocycles. The summed E-state index contributed by atoms with van der Waals surface area (Å²) in [5.74, 6) is 2.36. The Balaban J connectivity index is 1.54. The Bertz CT molecular complexity index is 996. The second-order valence-electron chi connectivity index (χ2n) is 6.44. The molecule has 1 aromatic carbocycles. The maximum atomic E-state index is 9.07. The lowest BCUT2D eigenvalue weighted by atomic mass is 9.50. The first-order valence-electron chi connectivity index (χ1n) is 8.67. The average Bonchev–Trinajstić information content (AvgIpc) is 3.15. The van der Waals surface area contributed by atoms with Crippen LogP contribution in [0.1, 0.15) is 12.0 Å². The lowest BCUT2D eigenvalue weighted by Gasteiger charge is -2.15. The Labute approximate surface area is 152 Å². The number of rotatable bonds is 4. The molecule has 7 heteroatoms. The summed E-state index contributed by atoms with van der Waals surface area (Å²) in [5, 5.41) is 12.6. The summed E-state index contributed by atoms with van der Waals surface area (Å²) in [6.07, 6.45) is 11.5. The van der Waals surface area contributed by atoms with Gasteiger partial charge in [0.15, 0.2) is 0 Å². The summed E-state index contributed by atoms with van der Waals surface area (Å²) in [5.41, 5.74) is 4.39. The van der Waals surface area contributed by atoms with Gasteiger partial charge in [-0.05, 0) is 36.5 Å². The normalized spacial score (nSPS) is 16.9. The molecule has 4 rings (SSSR count). The second-order valence-corrected chi connectivity index (χ2v) is 6.44. The molecule has 26 heavy (non-hydrogen) atoms. The molecule has 1 aliphatic rings. The zero-order valence-corrected chi connectivity index (χ0v) is 14.2. The van der Waals surface area contributed by atoms with Crippen LogP contribution in [-0.4, -0.2) is 33.9 Å². The number of aromatic nitrogens is 3. The number of hydrogen-bond acceptors (Lipinski definition) is 6. The van der Waals surface area contributed by atoms with Crippen molar-refractivity contribution >= 4 is 35.3 Å². The summed E-state index contributed by atoms with van der Waals surface area (Å²) in [7, 11) is 0. The first kappa shape index (κ1) is 16.2. The first-order valence-corrected chi connectivity index (χ1v) is 8.67. The fourth-order valence-electron chi connectivity index (χ4n) is 3.27. The summed E-state index contributed by atoms with van der Waals surface area (Å²) >= 11 is 0. The average molecular weight is 340 g/mol. The highest BCUT2D eigenvalue weighted by Gasteiger charge is 2.28. The van der Waals surface area contributed by atoms with Crippen molar-refractivity contribution in [1.29, 1.82) is 5.26 Å². The molecule has 1 N–H and O–H groups in total. The van der Waals surface area contributed by atoms with Crippen molar-refractivity contribution in [2.24, 2.45) is 4.99 Å². The van der Waals surface area contributed by atoms with E-state index >= 15 is 0 Å². The molecule has 6 nitrogen and oxygen atoms in total. The van der Waals surface area contributed by atoms with Gasteiger partial charge < -0.3 is 5.32 Å². The number of aliphatic imine (C=N–C) groups is 1. The minimum atomic E-state index is 0.153. The maximum absolute atomic E-state index is 9.07. The monoisotopic (exact) mass is 340 g/mol. The number of nitriles is 1. The predicted octanol–water partition coefficient (Wildman–Crippen LogP) is 3.52. The zero-order valence-electron chi connectivity index (χ0n) is 14.2. The van der Waals surface area contributed by atoms with Gasteiger partial charge in [-0.15, -0.1) is 0 Å². The molecule has 1 unspecified atom stereocenters. The number of nitrogens with zero attached hydrogens (tertiary/aromatic N) is 5. The highest BCUT2D eigenvalue weighted by molar-refractivity contribution is 6.67. The SMILES string of the molecule is N#CB1CCC(Nc2ccncc2N=Cc2ccc3nccnc3c2)C1. The zero-order chi connectivity index (χ0) is 17.8. The molecule has 1 atom stereocenters. The molecule has 0 saturated carbocycles. The lowest BCUT2D eigenvalue weighted by molar-refractivity contribution is 0.801. The number of nitrogens with one attached hydrogen (secondary N) is 1. The number of hydrogen-bond donors (Lipinski definition) is 1. The fraction of sp³-hybridized carbons (Fsp3) is 0.211. The molecule has 1 saturated heterocycles. The molecule has 2 aromatic heterocycles. The van der Waals surface area contributed by atoms with Crippen LogP contribution in [0, 0.1) is 11.2 Å². The highest BCUT2D eigenvalue weighted by atomic mass is 15.0. The van der Waals surface area contributed by atoms with E-state index in [-0.39, 0.29) is 6.71 Å². The molecule has 0 spiro atoms. The third-order valence-electron chi connectivity index (χ3n) is 4.62. The molecule has 1 fully saturated rings. The van der Waals surface area contributed by atoms with Gasteiger partial charge in [-0.2, -0.15) is 0 Å². The quantitative estimate of drug-likeness (QED) is 0.580. The first-order chi connectivity index (χ1) is 12.8. The van der Waals surface area contributed by atoms with Crippen LogP contribution in [0.4, 0.5) is 11.4 Å². The van der Waals surface area contributed by atoms with Crippen molar-refractivity contribution in [2.75, 3.05) is 5.32 Å². The van der Waals surface area contributed by atoms with E-state index in [0.717, 1.165) is 47.0 Å². The van der Waals surface area contributed by atoms with Crippen molar-refractivity contribution in [2.45, 2.75) is 25.1 Å². The van der Waals surface area contributed by atoms with Gasteiger partial charge in [-0.1, -0.05) is 12.4 Å². The fourth-order valence-corrected chi connectivity index (χ4v) is 3.27. The Morgan fingerprint density at radius 3 is 2.92 bits per heavy atom. The molecule has 0 bridgehead atoms. The Kier molecular flexibility index (Phi) is 4.56. The summed E-state index contributed by atoms with van der Waals surface area (Å²) in [6.45, 7) is 0.153. The van der Waals surface area contributed by atoms with E-state index in [1.165, 1.54) is 0 Å². The van der Waals surface area contributed by atoms with E-state index in [2.05, 4.69) is 31.2 Å². The van der Waals surface area contributed by atoms with E-state index in [0.29, 0.717) is 6.04 Å². The Hall–Kier alpha value is -3.27. The molecular formula is C19H17BN6. The van der Waals surface area contributed by atoms with Gasteiger partial charge in [0.25, 0.3) is 6.71 Å². The third-order valence-corrected chi connectivity index (χ3v) is 4.62. The number of fused-ring (bicyclic) bond motifs is 1. The van der Waals surface area contributed by atoms with Gasteiger partial charge >= 0.3 is 0 Å². The van der Waals surface area contributed by atoms with Crippen LogP contribution in [0.3, 0.4) is 0 Å². The van der Waals surface area contributed by atoms with Crippen LogP contribution < -0.4 is 5.32 Å². The minimum Gasteiger partial charge on any atom is -0.381 e. The smallest absolute Gasteiger partial charge is 0.269 e. The Morgan fingerprint density at radius 2 is 2.08 bits per heavy atom. The van der Waals surface area contributed by atoms with E-state index in [1.54, 1.807) is 24.8 Å². The van der Waals surface area contributed by atoms with Crippen molar-refractivity contribution in [3.05, 3.63) is 54.6 Å². The van der Waals surface area contributed by atoms with Crippen molar-refractivity contribution < 1.29 is 0 Å². The van der Waals surface area contributed by atoms with Crippen molar-refractivity contribution in [3.63, 3.8) is 0 Å². The molecule has 1 aliphatic heterocycles. The van der Waals surface area contributed by atoms with E-state index in [1.807, 2.05) is 30.5 Å². The molecule has 3 aromatic rings. The van der Waals surface area contributed by atoms with Crippen LogP contribution in [-0.2, 0) is 0 Å². The van der Waals surface area contributed by atoms with Crippen LogP contribution in [0.5, 0.6) is 0 Å². The lowest BCUT2D eigenvalue weighted by Crippen LogP contribution is -2.16. The van der Waals surface area contributed by atoms with Gasteiger partial charge in [0.1, 0.15) is 5.69 Å². The Morgan fingerprint density at radius 1 is 1.19 bits per heavy atom.